The van der Waals surface area contributed by atoms with Gasteiger partial charge in [0.1, 0.15) is 10.2 Å². The molecule has 2 N–H and O–H groups in total. The zero-order valence-electron chi connectivity index (χ0n) is 6.47. The van der Waals surface area contributed by atoms with Gasteiger partial charge in [0.25, 0.3) is 0 Å². The van der Waals surface area contributed by atoms with Crippen molar-refractivity contribution in [3.05, 3.63) is 16.2 Å². The van der Waals surface area contributed by atoms with Gasteiger partial charge in [-0.05, 0) is 6.92 Å². The van der Waals surface area contributed by atoms with E-state index in [4.69, 9.17) is 33.7 Å². The Kier molecular flexibility index (Phi) is 3.00. The number of nitrogens with zero attached hydrogens (tertiary/aromatic N) is 1. The Bertz CT molecular complexity index is 291. The van der Waals surface area contributed by atoms with E-state index in [1.54, 1.807) is 0 Å². The fourth-order valence-corrected chi connectivity index (χ4v) is 1.07. The summed E-state index contributed by atoms with van der Waals surface area (Å²) in [6.45, 7) is 2.31. The third-order valence-electron chi connectivity index (χ3n) is 1.21. The number of nitrogen functional groups attached to an aromatic ring is 1. The Balaban J connectivity index is 3.09. The molecule has 0 radical (unpaired) electrons. The quantitative estimate of drug-likeness (QED) is 0.757. The molecule has 0 atom stereocenters. The van der Waals surface area contributed by atoms with Crippen LogP contribution in [0.4, 0.5) is 5.69 Å². The Morgan fingerprint density at radius 2 is 2.25 bits per heavy atom. The van der Waals surface area contributed by atoms with Crippen molar-refractivity contribution in [2.75, 3.05) is 12.3 Å². The maximum atomic E-state index is 5.77. The Morgan fingerprint density at radius 3 is 2.83 bits per heavy atom. The number of hydrogen-bond acceptors (Lipinski definition) is 3. The Hall–Kier alpha value is -0.670. The highest BCUT2D eigenvalue weighted by Gasteiger charge is 2.07. The molecule has 0 aliphatic heterocycles. The Labute approximate surface area is 80.4 Å². The summed E-state index contributed by atoms with van der Waals surface area (Å²) < 4.78 is 5.09. The number of pyridine rings is 1. The molecular weight excluding hydrogens is 199 g/mol. The maximum Gasteiger partial charge on any atom is 0.236 e. The number of nitrogens with two attached hydrogens (primary N) is 1. The lowest BCUT2D eigenvalue weighted by Gasteiger charge is -2.06. The molecule has 1 aromatic heterocycles. The molecule has 0 saturated carbocycles. The lowest BCUT2D eigenvalue weighted by Crippen LogP contribution is -1.98. The van der Waals surface area contributed by atoms with Crippen molar-refractivity contribution < 1.29 is 4.74 Å². The molecule has 0 aliphatic carbocycles. The van der Waals surface area contributed by atoms with Crippen LogP contribution in [0.5, 0.6) is 5.88 Å². The van der Waals surface area contributed by atoms with Gasteiger partial charge in [-0.2, -0.15) is 0 Å². The lowest BCUT2D eigenvalue weighted by atomic mass is 10.4. The summed E-state index contributed by atoms with van der Waals surface area (Å²) in [4.78, 5) is 3.85. The van der Waals surface area contributed by atoms with Gasteiger partial charge in [0.2, 0.25) is 5.88 Å². The monoisotopic (exact) mass is 206 g/mol. The molecule has 0 aromatic carbocycles. The summed E-state index contributed by atoms with van der Waals surface area (Å²) in [5.41, 5.74) is 5.89. The number of rotatable bonds is 2. The zero-order valence-corrected chi connectivity index (χ0v) is 7.99. The summed E-state index contributed by atoms with van der Waals surface area (Å²) in [7, 11) is 0. The molecule has 1 rings (SSSR count). The minimum absolute atomic E-state index is 0.278. The summed E-state index contributed by atoms with van der Waals surface area (Å²) in [6, 6.07) is 1.48. The first-order valence-corrected chi connectivity index (χ1v) is 4.15. The molecule has 3 nitrogen and oxygen atoms in total. The molecule has 5 heteroatoms. The predicted octanol–water partition coefficient (Wildman–Crippen LogP) is 2.37. The predicted molar refractivity (Wildman–Crippen MR) is 49.8 cm³/mol. The van der Waals surface area contributed by atoms with Crippen LogP contribution in [0.1, 0.15) is 6.92 Å². The SMILES string of the molecule is CCOc1nc(Cl)cc(N)c1Cl. The molecule has 1 heterocycles. The summed E-state index contributed by atoms with van der Waals surface area (Å²) in [6.07, 6.45) is 0. The molecule has 0 spiro atoms. The van der Waals surface area contributed by atoms with E-state index >= 15 is 0 Å². The highest BCUT2D eigenvalue weighted by molar-refractivity contribution is 6.35. The first-order chi connectivity index (χ1) is 5.65. The molecule has 1 aromatic rings. The van der Waals surface area contributed by atoms with Gasteiger partial charge in [-0.3, -0.25) is 0 Å². The van der Waals surface area contributed by atoms with Crippen LogP contribution in [0, 0.1) is 0 Å². The number of hydrogen-bond donors (Lipinski definition) is 1. The molecular formula is C7H8Cl2N2O. The highest BCUT2D eigenvalue weighted by Crippen LogP contribution is 2.30. The summed E-state index contributed by atoms with van der Waals surface area (Å²) in [5, 5.41) is 0.585. The van der Waals surface area contributed by atoms with Crippen LogP contribution in [0.3, 0.4) is 0 Å². The highest BCUT2D eigenvalue weighted by atomic mass is 35.5. The van der Waals surface area contributed by atoms with Gasteiger partial charge in [-0.15, -0.1) is 0 Å². The Morgan fingerprint density at radius 1 is 1.58 bits per heavy atom. The molecule has 0 fully saturated rings. The molecule has 66 valence electrons. The van der Waals surface area contributed by atoms with Crippen molar-refractivity contribution in [3.8, 4) is 5.88 Å². The first kappa shape index (κ1) is 9.42. The second-order valence-corrected chi connectivity index (χ2v) is 2.85. The normalized spacial score (nSPS) is 9.92. The van der Waals surface area contributed by atoms with Crippen LogP contribution in [0.15, 0.2) is 6.07 Å². The summed E-state index contributed by atoms with van der Waals surface area (Å²) in [5.74, 6) is 0.282. The second-order valence-electron chi connectivity index (χ2n) is 2.09. The summed E-state index contributed by atoms with van der Waals surface area (Å²) >= 11 is 11.4. The standard InChI is InChI=1S/C7H8Cl2N2O/c1-2-12-7-6(9)4(10)3-5(8)11-7/h3H,2H2,1H3,(H2,10,11). The molecule has 0 bridgehead atoms. The smallest absolute Gasteiger partial charge is 0.236 e. The largest absolute Gasteiger partial charge is 0.477 e. The number of anilines is 1. The van der Waals surface area contributed by atoms with Gasteiger partial charge >= 0.3 is 0 Å². The fraction of sp³-hybridized carbons (Fsp3) is 0.286. The number of halogens is 2. The maximum absolute atomic E-state index is 5.77. The fourth-order valence-electron chi connectivity index (χ4n) is 0.726. The first-order valence-electron chi connectivity index (χ1n) is 3.39. The lowest BCUT2D eigenvalue weighted by molar-refractivity contribution is 0.327. The van der Waals surface area contributed by atoms with E-state index in [0.717, 1.165) is 0 Å². The van der Waals surface area contributed by atoms with Crippen molar-refractivity contribution in [1.29, 1.82) is 0 Å². The molecule has 0 saturated heterocycles. The van der Waals surface area contributed by atoms with Gasteiger partial charge in [-0.25, -0.2) is 4.98 Å². The number of ether oxygens (including phenoxy) is 1. The zero-order chi connectivity index (χ0) is 9.14. The van der Waals surface area contributed by atoms with E-state index in [1.165, 1.54) is 6.07 Å². The average molecular weight is 207 g/mol. The topological polar surface area (TPSA) is 48.1 Å². The van der Waals surface area contributed by atoms with Crippen molar-refractivity contribution in [1.82, 2.24) is 4.98 Å². The van der Waals surface area contributed by atoms with E-state index in [9.17, 15) is 0 Å². The van der Waals surface area contributed by atoms with Crippen LogP contribution in [0.2, 0.25) is 10.2 Å². The van der Waals surface area contributed by atoms with E-state index in [2.05, 4.69) is 4.98 Å². The third-order valence-corrected chi connectivity index (χ3v) is 1.78. The van der Waals surface area contributed by atoms with Gasteiger partial charge in [-0.1, -0.05) is 23.2 Å². The minimum Gasteiger partial charge on any atom is -0.477 e. The average Bonchev–Trinajstić information content (AvgIpc) is 2.00. The van der Waals surface area contributed by atoms with Crippen LogP contribution in [-0.4, -0.2) is 11.6 Å². The molecule has 0 amide bonds. The van der Waals surface area contributed by atoms with Crippen molar-refractivity contribution >= 4 is 28.9 Å². The molecule has 0 unspecified atom stereocenters. The van der Waals surface area contributed by atoms with E-state index in [0.29, 0.717) is 17.3 Å². The van der Waals surface area contributed by atoms with E-state index in [-0.39, 0.29) is 11.0 Å². The van der Waals surface area contributed by atoms with Gasteiger partial charge in [0.15, 0.2) is 0 Å². The van der Waals surface area contributed by atoms with Crippen molar-refractivity contribution in [2.45, 2.75) is 6.92 Å². The number of aromatic nitrogens is 1. The van der Waals surface area contributed by atoms with E-state index < -0.39 is 0 Å². The van der Waals surface area contributed by atoms with Crippen LogP contribution >= 0.6 is 23.2 Å². The van der Waals surface area contributed by atoms with Crippen LogP contribution < -0.4 is 10.5 Å². The molecule has 12 heavy (non-hydrogen) atoms. The van der Waals surface area contributed by atoms with E-state index in [1.807, 2.05) is 6.92 Å². The van der Waals surface area contributed by atoms with Crippen LogP contribution in [0.25, 0.3) is 0 Å². The minimum atomic E-state index is 0.278. The van der Waals surface area contributed by atoms with Gasteiger partial charge in [0.05, 0.1) is 12.3 Å². The van der Waals surface area contributed by atoms with Gasteiger partial charge < -0.3 is 10.5 Å². The third kappa shape index (κ3) is 1.93. The van der Waals surface area contributed by atoms with Gasteiger partial charge in [0, 0.05) is 6.07 Å². The van der Waals surface area contributed by atoms with Crippen molar-refractivity contribution in [3.63, 3.8) is 0 Å². The van der Waals surface area contributed by atoms with Crippen LogP contribution in [-0.2, 0) is 0 Å². The van der Waals surface area contributed by atoms with Crippen molar-refractivity contribution in [2.24, 2.45) is 0 Å². The molecule has 0 aliphatic rings. The second kappa shape index (κ2) is 3.83.